The third-order valence-electron chi connectivity index (χ3n) is 7.46. The van der Waals surface area contributed by atoms with Gasteiger partial charge in [0.1, 0.15) is 11.6 Å². The predicted molar refractivity (Wildman–Crippen MR) is 153 cm³/mol. The van der Waals surface area contributed by atoms with Crippen molar-refractivity contribution in [2.24, 2.45) is 0 Å². The van der Waals surface area contributed by atoms with E-state index in [0.717, 1.165) is 29.7 Å². The number of hydrogen-bond donors (Lipinski definition) is 0. The lowest BCUT2D eigenvalue weighted by molar-refractivity contribution is -0.138. The fourth-order valence-corrected chi connectivity index (χ4v) is 5.41. The van der Waals surface area contributed by atoms with Gasteiger partial charge in [0.2, 0.25) is 0 Å². The number of carbonyl (C=O) groups is 1. The number of benzene rings is 4. The summed E-state index contributed by atoms with van der Waals surface area (Å²) in [6.07, 6.45) is 0.852. The minimum atomic E-state index is -0.579. The number of nitrogens with zero attached hydrogens (tertiary/aromatic N) is 2. The first-order chi connectivity index (χ1) is 19.0. The van der Waals surface area contributed by atoms with Crippen molar-refractivity contribution in [2.75, 3.05) is 13.6 Å². The van der Waals surface area contributed by atoms with Gasteiger partial charge in [-0.15, -0.1) is 0 Å². The summed E-state index contributed by atoms with van der Waals surface area (Å²) in [5, 5.41) is 0. The highest BCUT2D eigenvalue weighted by atomic mass is 19.1. The standard InChI is InChI=1S/C34H35FN2O2/c1-3-32(34(38)36(2)23-25-12-6-4-7-13-25)39-29-19-18-26-20-21-37(24-28-16-10-11-17-31(28)35)33(30(26)22-29)27-14-8-5-9-15-27/h4-19,22,32-33H,3,20-21,23-24H2,1-2H3. The molecule has 2 atom stereocenters. The maximum absolute atomic E-state index is 14.6. The molecule has 5 rings (SSSR count). The average molecular weight is 523 g/mol. The summed E-state index contributed by atoms with van der Waals surface area (Å²) in [5.74, 6) is 0.451. The van der Waals surface area contributed by atoms with Crippen molar-refractivity contribution in [2.45, 2.75) is 45.0 Å². The molecule has 1 aliphatic rings. The van der Waals surface area contributed by atoms with Crippen LogP contribution in [0.5, 0.6) is 5.75 Å². The zero-order valence-electron chi connectivity index (χ0n) is 22.6. The third kappa shape index (κ3) is 6.21. The number of likely N-dealkylation sites (N-methyl/N-ethyl adjacent to an activating group) is 1. The molecule has 200 valence electrons. The monoisotopic (exact) mass is 522 g/mol. The Balaban J connectivity index is 1.41. The van der Waals surface area contributed by atoms with Crippen LogP contribution in [0.3, 0.4) is 0 Å². The summed E-state index contributed by atoms with van der Waals surface area (Å²) in [7, 11) is 1.82. The fourth-order valence-electron chi connectivity index (χ4n) is 5.41. The number of fused-ring (bicyclic) bond motifs is 1. The highest BCUT2D eigenvalue weighted by molar-refractivity contribution is 5.81. The van der Waals surface area contributed by atoms with Crippen LogP contribution < -0.4 is 4.74 Å². The van der Waals surface area contributed by atoms with Gasteiger partial charge in [0.25, 0.3) is 5.91 Å². The quantitative estimate of drug-likeness (QED) is 0.243. The maximum Gasteiger partial charge on any atom is 0.263 e. The lowest BCUT2D eigenvalue weighted by atomic mass is 9.87. The van der Waals surface area contributed by atoms with Gasteiger partial charge >= 0.3 is 0 Å². The van der Waals surface area contributed by atoms with Crippen LogP contribution in [0.4, 0.5) is 4.39 Å². The van der Waals surface area contributed by atoms with Gasteiger partial charge in [0.05, 0.1) is 6.04 Å². The smallest absolute Gasteiger partial charge is 0.263 e. The van der Waals surface area contributed by atoms with E-state index >= 15 is 0 Å². The summed E-state index contributed by atoms with van der Waals surface area (Å²) >= 11 is 0. The van der Waals surface area contributed by atoms with E-state index in [1.54, 1.807) is 11.0 Å². The van der Waals surface area contributed by atoms with Crippen LogP contribution in [0.25, 0.3) is 0 Å². The van der Waals surface area contributed by atoms with Crippen LogP contribution in [0.1, 0.15) is 47.2 Å². The molecule has 1 amide bonds. The lowest BCUT2D eigenvalue weighted by Crippen LogP contribution is -2.39. The lowest BCUT2D eigenvalue weighted by Gasteiger charge is -2.38. The fraction of sp³-hybridized carbons (Fsp3) is 0.265. The van der Waals surface area contributed by atoms with E-state index in [1.807, 2.05) is 80.7 Å². The molecule has 4 aromatic rings. The van der Waals surface area contributed by atoms with E-state index in [2.05, 4.69) is 29.2 Å². The van der Waals surface area contributed by atoms with Crippen molar-refractivity contribution < 1.29 is 13.9 Å². The van der Waals surface area contributed by atoms with Gasteiger partial charge in [0.15, 0.2) is 6.10 Å². The first-order valence-corrected chi connectivity index (χ1v) is 13.6. The second-order valence-corrected chi connectivity index (χ2v) is 10.2. The number of carbonyl (C=O) groups excluding carboxylic acids is 1. The Morgan fingerprint density at radius 3 is 2.38 bits per heavy atom. The van der Waals surface area contributed by atoms with Gasteiger partial charge in [-0.3, -0.25) is 9.69 Å². The Kier molecular flexibility index (Phi) is 8.38. The molecule has 2 unspecified atom stereocenters. The number of amides is 1. The minimum Gasteiger partial charge on any atom is -0.481 e. The number of halogens is 1. The summed E-state index contributed by atoms with van der Waals surface area (Å²) in [4.78, 5) is 17.4. The van der Waals surface area contributed by atoms with Gasteiger partial charge in [0, 0.05) is 32.2 Å². The Bertz CT molecular complexity index is 1390. The van der Waals surface area contributed by atoms with Crippen LogP contribution in [0.2, 0.25) is 0 Å². The Labute approximate surface area is 230 Å². The molecule has 39 heavy (non-hydrogen) atoms. The average Bonchev–Trinajstić information content (AvgIpc) is 2.97. The van der Waals surface area contributed by atoms with Crippen molar-refractivity contribution in [3.63, 3.8) is 0 Å². The first-order valence-electron chi connectivity index (χ1n) is 13.6. The molecule has 0 aliphatic carbocycles. The number of ether oxygens (including phenoxy) is 1. The third-order valence-corrected chi connectivity index (χ3v) is 7.46. The Morgan fingerprint density at radius 1 is 0.974 bits per heavy atom. The van der Waals surface area contributed by atoms with E-state index in [0.29, 0.717) is 30.8 Å². The molecule has 4 nitrogen and oxygen atoms in total. The molecule has 4 aromatic carbocycles. The summed E-state index contributed by atoms with van der Waals surface area (Å²) in [6.45, 7) is 3.84. The largest absolute Gasteiger partial charge is 0.481 e. The molecule has 0 bridgehead atoms. The van der Waals surface area contributed by atoms with Gasteiger partial charge in [-0.1, -0.05) is 91.9 Å². The summed E-state index contributed by atoms with van der Waals surface area (Å²) in [5.41, 5.74) is 5.31. The number of rotatable bonds is 9. The zero-order chi connectivity index (χ0) is 27.2. The molecule has 0 fully saturated rings. The first kappa shape index (κ1) is 26.6. The molecule has 0 saturated heterocycles. The van der Waals surface area contributed by atoms with Crippen LogP contribution >= 0.6 is 0 Å². The predicted octanol–water partition coefficient (Wildman–Crippen LogP) is 6.79. The van der Waals surface area contributed by atoms with E-state index in [9.17, 15) is 9.18 Å². The molecule has 0 saturated carbocycles. The zero-order valence-corrected chi connectivity index (χ0v) is 22.6. The molecule has 0 N–H and O–H groups in total. The van der Waals surface area contributed by atoms with Gasteiger partial charge < -0.3 is 9.64 Å². The minimum absolute atomic E-state index is 0.0418. The van der Waals surface area contributed by atoms with E-state index in [-0.39, 0.29) is 17.8 Å². The van der Waals surface area contributed by atoms with Gasteiger partial charge in [-0.2, -0.15) is 0 Å². The highest BCUT2D eigenvalue weighted by Crippen LogP contribution is 2.38. The van der Waals surface area contributed by atoms with E-state index < -0.39 is 6.10 Å². The maximum atomic E-state index is 14.6. The molecule has 0 aromatic heterocycles. The SMILES string of the molecule is CCC(Oc1ccc2c(c1)C(c1ccccc1)N(Cc1ccccc1F)CC2)C(=O)N(C)Cc1ccccc1. The van der Waals surface area contributed by atoms with Gasteiger partial charge in [-0.05, 0) is 53.3 Å². The van der Waals surface area contributed by atoms with Crippen LogP contribution in [0.15, 0.2) is 103 Å². The summed E-state index contributed by atoms with van der Waals surface area (Å²) in [6, 6.07) is 33.4. The van der Waals surface area contributed by atoms with Gasteiger partial charge in [-0.25, -0.2) is 4.39 Å². The number of hydrogen-bond acceptors (Lipinski definition) is 3. The molecule has 5 heteroatoms. The van der Waals surface area contributed by atoms with E-state index in [4.69, 9.17) is 4.74 Å². The van der Waals surface area contributed by atoms with Crippen LogP contribution in [-0.2, 0) is 24.3 Å². The summed E-state index contributed by atoms with van der Waals surface area (Å²) < 4.78 is 20.9. The topological polar surface area (TPSA) is 32.8 Å². The molecule has 0 radical (unpaired) electrons. The van der Waals surface area contributed by atoms with Crippen molar-refractivity contribution in [3.8, 4) is 5.75 Å². The van der Waals surface area contributed by atoms with Crippen LogP contribution in [-0.4, -0.2) is 35.4 Å². The second kappa shape index (κ2) is 12.3. The highest BCUT2D eigenvalue weighted by Gasteiger charge is 2.30. The molecular weight excluding hydrogens is 487 g/mol. The molecule has 1 heterocycles. The molecular formula is C34H35FN2O2. The van der Waals surface area contributed by atoms with Crippen molar-refractivity contribution in [1.29, 1.82) is 0 Å². The molecule has 0 spiro atoms. The normalized spacial score (nSPS) is 15.8. The van der Waals surface area contributed by atoms with Crippen molar-refractivity contribution >= 4 is 5.91 Å². The second-order valence-electron chi connectivity index (χ2n) is 10.2. The van der Waals surface area contributed by atoms with E-state index in [1.165, 1.54) is 11.6 Å². The van der Waals surface area contributed by atoms with Crippen LogP contribution in [0, 0.1) is 5.82 Å². The Morgan fingerprint density at radius 2 is 1.67 bits per heavy atom. The Hall–Kier alpha value is -3.96. The van der Waals surface area contributed by atoms with Crippen molar-refractivity contribution in [1.82, 2.24) is 9.80 Å². The van der Waals surface area contributed by atoms with Crippen molar-refractivity contribution in [3.05, 3.63) is 137 Å². The molecule has 1 aliphatic heterocycles.